The number of sulfonamides is 1. The Morgan fingerprint density at radius 3 is 1.96 bits per heavy atom. The van der Waals surface area contributed by atoms with Crippen molar-refractivity contribution < 1.29 is 13.2 Å². The zero-order valence-corrected chi connectivity index (χ0v) is 14.2. The van der Waals surface area contributed by atoms with Gasteiger partial charge in [-0.1, -0.05) is 42.5 Å². The first-order chi connectivity index (χ1) is 11.0. The van der Waals surface area contributed by atoms with Crippen molar-refractivity contribution in [1.82, 2.24) is 4.31 Å². The Labute approximate surface area is 137 Å². The highest BCUT2D eigenvalue weighted by Crippen LogP contribution is 2.24. The highest BCUT2D eigenvalue weighted by atomic mass is 32.2. The summed E-state index contributed by atoms with van der Waals surface area (Å²) in [4.78, 5) is 0.332. The highest BCUT2D eigenvalue weighted by Gasteiger charge is 2.32. The lowest BCUT2D eigenvalue weighted by Crippen LogP contribution is -2.48. The lowest BCUT2D eigenvalue weighted by atomic mass is 10.1. The fourth-order valence-corrected chi connectivity index (χ4v) is 4.52. The summed E-state index contributed by atoms with van der Waals surface area (Å²) in [6, 6.07) is 17.0. The molecule has 0 amide bonds. The molecule has 0 unspecified atom stereocenters. The van der Waals surface area contributed by atoms with Crippen molar-refractivity contribution in [1.29, 1.82) is 0 Å². The van der Waals surface area contributed by atoms with Gasteiger partial charge in [-0.2, -0.15) is 4.31 Å². The first kappa shape index (κ1) is 16.2. The van der Waals surface area contributed by atoms with Crippen LogP contribution in [0, 0.1) is 0 Å². The van der Waals surface area contributed by atoms with Crippen LogP contribution in [0.15, 0.2) is 59.5 Å². The molecule has 2 aromatic rings. The van der Waals surface area contributed by atoms with Crippen LogP contribution in [0.3, 0.4) is 0 Å². The maximum absolute atomic E-state index is 12.8. The fourth-order valence-electron chi connectivity index (χ4n) is 2.93. The number of nitrogens with zero attached hydrogens (tertiary/aromatic N) is 1. The van der Waals surface area contributed by atoms with Crippen molar-refractivity contribution >= 4 is 10.0 Å². The molecule has 122 valence electrons. The summed E-state index contributed by atoms with van der Waals surface area (Å²) < 4.78 is 32.7. The SMILES string of the molecule is C[C@@H]1CN(S(=O)(=O)c2ccc(-c3ccccc3)cc2)C[C@H](C)O1. The summed E-state index contributed by atoms with van der Waals surface area (Å²) in [5.74, 6) is 0. The Morgan fingerprint density at radius 2 is 1.39 bits per heavy atom. The summed E-state index contributed by atoms with van der Waals surface area (Å²) in [6.07, 6.45) is -0.172. The largest absolute Gasteiger partial charge is 0.373 e. The van der Waals surface area contributed by atoms with Gasteiger partial charge in [0, 0.05) is 13.1 Å². The summed E-state index contributed by atoms with van der Waals surface area (Å²) in [6.45, 7) is 4.59. The normalized spacial score (nSPS) is 22.9. The van der Waals surface area contributed by atoms with E-state index in [9.17, 15) is 8.42 Å². The molecular weight excluding hydrogens is 310 g/mol. The monoisotopic (exact) mass is 331 g/mol. The molecule has 0 spiro atoms. The Morgan fingerprint density at radius 1 is 0.870 bits per heavy atom. The smallest absolute Gasteiger partial charge is 0.243 e. The molecule has 1 heterocycles. The molecule has 1 aliphatic heterocycles. The zero-order chi connectivity index (χ0) is 16.4. The predicted octanol–water partition coefficient (Wildman–Crippen LogP) is 3.15. The van der Waals surface area contributed by atoms with Gasteiger partial charge in [-0.05, 0) is 37.1 Å². The summed E-state index contributed by atoms with van der Waals surface area (Å²) >= 11 is 0. The minimum absolute atomic E-state index is 0.0860. The summed E-state index contributed by atoms with van der Waals surface area (Å²) in [7, 11) is -3.47. The minimum atomic E-state index is -3.47. The van der Waals surface area contributed by atoms with E-state index in [1.807, 2.05) is 56.3 Å². The topological polar surface area (TPSA) is 46.6 Å². The number of rotatable bonds is 3. The molecule has 2 aromatic carbocycles. The number of benzene rings is 2. The van der Waals surface area contributed by atoms with Crippen LogP contribution in [0.4, 0.5) is 0 Å². The van der Waals surface area contributed by atoms with E-state index in [1.54, 1.807) is 12.1 Å². The Kier molecular flexibility index (Phi) is 4.53. The Hall–Kier alpha value is -1.69. The zero-order valence-electron chi connectivity index (χ0n) is 13.3. The maximum atomic E-state index is 12.8. The quantitative estimate of drug-likeness (QED) is 0.868. The third kappa shape index (κ3) is 3.47. The highest BCUT2D eigenvalue weighted by molar-refractivity contribution is 7.89. The van der Waals surface area contributed by atoms with Crippen LogP contribution < -0.4 is 0 Å². The molecule has 0 aliphatic carbocycles. The average molecular weight is 331 g/mol. The van der Waals surface area contributed by atoms with Crippen molar-refractivity contribution in [2.45, 2.75) is 31.0 Å². The van der Waals surface area contributed by atoms with Gasteiger partial charge < -0.3 is 4.74 Å². The molecular formula is C18H21NO3S. The number of ether oxygens (including phenoxy) is 1. The van der Waals surface area contributed by atoms with Crippen molar-refractivity contribution in [2.24, 2.45) is 0 Å². The van der Waals surface area contributed by atoms with Crippen molar-refractivity contribution in [3.63, 3.8) is 0 Å². The van der Waals surface area contributed by atoms with E-state index in [0.29, 0.717) is 18.0 Å². The minimum Gasteiger partial charge on any atom is -0.373 e. The molecule has 1 aliphatic rings. The second-order valence-corrected chi connectivity index (χ2v) is 7.91. The van der Waals surface area contributed by atoms with Gasteiger partial charge in [-0.3, -0.25) is 0 Å². The molecule has 4 nitrogen and oxygen atoms in total. The summed E-state index contributed by atoms with van der Waals surface area (Å²) in [5, 5.41) is 0. The molecule has 1 saturated heterocycles. The maximum Gasteiger partial charge on any atom is 0.243 e. The first-order valence-electron chi connectivity index (χ1n) is 7.78. The van der Waals surface area contributed by atoms with Gasteiger partial charge >= 0.3 is 0 Å². The molecule has 1 fully saturated rings. The predicted molar refractivity (Wildman–Crippen MR) is 90.6 cm³/mol. The summed E-state index contributed by atoms with van der Waals surface area (Å²) in [5.41, 5.74) is 2.08. The van der Waals surface area contributed by atoms with Crippen LogP contribution >= 0.6 is 0 Å². The lowest BCUT2D eigenvalue weighted by molar-refractivity contribution is -0.0440. The Balaban J connectivity index is 1.86. The van der Waals surface area contributed by atoms with E-state index < -0.39 is 10.0 Å². The van der Waals surface area contributed by atoms with Crippen LogP contribution in [-0.2, 0) is 14.8 Å². The average Bonchev–Trinajstić information content (AvgIpc) is 2.55. The van der Waals surface area contributed by atoms with Crippen molar-refractivity contribution in [3.8, 4) is 11.1 Å². The van der Waals surface area contributed by atoms with Gasteiger partial charge in [-0.25, -0.2) is 8.42 Å². The van der Waals surface area contributed by atoms with Crippen LogP contribution in [0.1, 0.15) is 13.8 Å². The van der Waals surface area contributed by atoms with Crippen molar-refractivity contribution in [2.75, 3.05) is 13.1 Å². The Bertz CT molecular complexity index is 747. The van der Waals surface area contributed by atoms with Crippen molar-refractivity contribution in [3.05, 3.63) is 54.6 Å². The van der Waals surface area contributed by atoms with Crippen LogP contribution in [-0.4, -0.2) is 38.0 Å². The lowest BCUT2D eigenvalue weighted by Gasteiger charge is -2.34. The van der Waals surface area contributed by atoms with E-state index >= 15 is 0 Å². The van der Waals surface area contributed by atoms with Crippen LogP contribution in [0.25, 0.3) is 11.1 Å². The van der Waals surface area contributed by atoms with Gasteiger partial charge in [0.2, 0.25) is 10.0 Å². The first-order valence-corrected chi connectivity index (χ1v) is 9.22. The van der Waals surface area contributed by atoms with Gasteiger partial charge in [0.1, 0.15) is 0 Å². The standard InChI is InChI=1S/C18H21NO3S/c1-14-12-19(13-15(2)22-14)23(20,21)18-10-8-17(9-11-18)16-6-4-3-5-7-16/h3-11,14-15H,12-13H2,1-2H3/t14-,15+. The van der Waals surface area contributed by atoms with Gasteiger partial charge in [0.15, 0.2) is 0 Å². The molecule has 3 rings (SSSR count). The van der Waals surface area contributed by atoms with Gasteiger partial charge in [-0.15, -0.1) is 0 Å². The molecule has 23 heavy (non-hydrogen) atoms. The second kappa shape index (κ2) is 6.43. The number of hydrogen-bond donors (Lipinski definition) is 0. The molecule has 0 aromatic heterocycles. The molecule has 5 heteroatoms. The fraction of sp³-hybridized carbons (Fsp3) is 0.333. The van der Waals surface area contributed by atoms with E-state index in [0.717, 1.165) is 11.1 Å². The molecule has 0 N–H and O–H groups in total. The third-order valence-electron chi connectivity index (χ3n) is 3.99. The number of morpholine rings is 1. The van der Waals surface area contributed by atoms with Crippen LogP contribution in [0.2, 0.25) is 0 Å². The van der Waals surface area contributed by atoms with Gasteiger partial charge in [0.25, 0.3) is 0 Å². The van der Waals surface area contributed by atoms with E-state index in [2.05, 4.69) is 0 Å². The number of hydrogen-bond acceptors (Lipinski definition) is 3. The second-order valence-electron chi connectivity index (χ2n) is 5.97. The molecule has 0 radical (unpaired) electrons. The molecule has 2 atom stereocenters. The van der Waals surface area contributed by atoms with Gasteiger partial charge in [0.05, 0.1) is 17.1 Å². The third-order valence-corrected chi connectivity index (χ3v) is 5.83. The van der Waals surface area contributed by atoms with E-state index in [4.69, 9.17) is 4.74 Å². The molecule has 0 bridgehead atoms. The van der Waals surface area contributed by atoms with E-state index in [1.165, 1.54) is 4.31 Å². The molecule has 0 saturated carbocycles. The van der Waals surface area contributed by atoms with E-state index in [-0.39, 0.29) is 12.2 Å². The van der Waals surface area contributed by atoms with Crippen LogP contribution in [0.5, 0.6) is 0 Å².